The molecular weight excluding hydrogens is 336 g/mol. The van der Waals surface area contributed by atoms with Crippen molar-refractivity contribution in [3.05, 3.63) is 71.4 Å². The molecule has 0 spiro atoms. The van der Waals surface area contributed by atoms with E-state index >= 15 is 0 Å². The van der Waals surface area contributed by atoms with Gasteiger partial charge in [-0.1, -0.05) is 6.92 Å². The van der Waals surface area contributed by atoms with E-state index in [4.69, 9.17) is 9.97 Å². The van der Waals surface area contributed by atoms with E-state index in [9.17, 15) is 5.11 Å². The molecule has 0 radical (unpaired) electrons. The molecule has 27 heavy (non-hydrogen) atoms. The molecular formula is C22H24N4O. The average Bonchev–Trinajstić information content (AvgIpc) is 2.91. The second-order valence-electron chi connectivity index (χ2n) is 6.95. The van der Waals surface area contributed by atoms with Crippen LogP contribution >= 0.6 is 0 Å². The summed E-state index contributed by atoms with van der Waals surface area (Å²) < 4.78 is 0. The Labute approximate surface area is 159 Å². The van der Waals surface area contributed by atoms with Gasteiger partial charge in [0.2, 0.25) is 0 Å². The van der Waals surface area contributed by atoms with E-state index in [1.165, 1.54) is 16.8 Å². The molecule has 3 heterocycles. The van der Waals surface area contributed by atoms with Gasteiger partial charge in [0, 0.05) is 61.7 Å². The highest BCUT2D eigenvalue weighted by Crippen LogP contribution is 2.28. The lowest BCUT2D eigenvalue weighted by molar-refractivity contribution is 0.279. The van der Waals surface area contributed by atoms with E-state index in [1.807, 2.05) is 24.5 Å². The highest BCUT2D eigenvalue weighted by atomic mass is 16.3. The first-order chi connectivity index (χ1) is 13.2. The summed E-state index contributed by atoms with van der Waals surface area (Å²) in [6, 6.07) is 11.5. The Kier molecular flexibility index (Phi) is 5.12. The number of fused-ring (bicyclic) bond motifs is 1. The van der Waals surface area contributed by atoms with Gasteiger partial charge in [-0.05, 0) is 48.4 Å². The van der Waals surface area contributed by atoms with E-state index < -0.39 is 0 Å². The zero-order valence-corrected chi connectivity index (χ0v) is 15.6. The largest absolute Gasteiger partial charge is 0.508 e. The molecule has 0 aliphatic carbocycles. The molecule has 3 aromatic rings. The standard InChI is InChI=1S/C22H24N4O/c1-2-21-24-20-10-14-26(15-16-7-11-23-12-8-16)13-9-19(20)22(25-21)17-3-5-18(27)6-4-17/h3-8,11-12,27H,2,9-10,13-15H2,1H3. The fourth-order valence-corrected chi connectivity index (χ4v) is 3.62. The Morgan fingerprint density at radius 1 is 0.963 bits per heavy atom. The number of aromatic nitrogens is 3. The van der Waals surface area contributed by atoms with Crippen LogP contribution in [0.4, 0.5) is 0 Å². The van der Waals surface area contributed by atoms with Crippen LogP contribution in [0.2, 0.25) is 0 Å². The van der Waals surface area contributed by atoms with Crippen molar-refractivity contribution in [1.82, 2.24) is 19.9 Å². The predicted octanol–water partition coefficient (Wildman–Crippen LogP) is 3.41. The number of rotatable bonds is 4. The Bertz CT molecular complexity index is 910. The SMILES string of the molecule is CCc1nc2c(c(-c3ccc(O)cc3)n1)CCN(Cc1ccncc1)CC2. The average molecular weight is 360 g/mol. The summed E-state index contributed by atoms with van der Waals surface area (Å²) in [5.74, 6) is 1.16. The topological polar surface area (TPSA) is 62.1 Å². The number of aromatic hydroxyl groups is 1. The summed E-state index contributed by atoms with van der Waals surface area (Å²) in [6.45, 7) is 4.99. The molecule has 4 rings (SSSR count). The molecule has 138 valence electrons. The molecule has 0 saturated heterocycles. The van der Waals surface area contributed by atoms with Crippen LogP contribution in [0.25, 0.3) is 11.3 Å². The number of phenolic OH excluding ortho intramolecular Hbond substituents is 1. The van der Waals surface area contributed by atoms with E-state index in [1.54, 1.807) is 12.1 Å². The summed E-state index contributed by atoms with van der Waals surface area (Å²) in [5, 5.41) is 9.62. The summed E-state index contributed by atoms with van der Waals surface area (Å²) in [4.78, 5) is 16.3. The van der Waals surface area contributed by atoms with Crippen LogP contribution in [0.5, 0.6) is 5.75 Å². The van der Waals surface area contributed by atoms with Crippen molar-refractivity contribution in [2.45, 2.75) is 32.7 Å². The Hall–Kier alpha value is -2.79. The normalized spacial score (nSPS) is 14.6. The maximum atomic E-state index is 9.62. The fraction of sp³-hybridized carbons (Fsp3) is 0.318. The zero-order valence-electron chi connectivity index (χ0n) is 15.6. The van der Waals surface area contributed by atoms with E-state index in [0.717, 1.165) is 56.0 Å². The van der Waals surface area contributed by atoms with Crippen molar-refractivity contribution in [3.8, 4) is 17.0 Å². The molecule has 0 amide bonds. The fourth-order valence-electron chi connectivity index (χ4n) is 3.62. The van der Waals surface area contributed by atoms with Gasteiger partial charge in [-0.3, -0.25) is 9.88 Å². The van der Waals surface area contributed by atoms with Crippen molar-refractivity contribution >= 4 is 0 Å². The van der Waals surface area contributed by atoms with Crippen LogP contribution in [0.3, 0.4) is 0 Å². The minimum Gasteiger partial charge on any atom is -0.508 e. The Balaban J connectivity index is 1.63. The van der Waals surface area contributed by atoms with Gasteiger partial charge in [-0.25, -0.2) is 9.97 Å². The first kappa shape index (κ1) is 17.6. The second kappa shape index (κ2) is 7.84. The second-order valence-corrected chi connectivity index (χ2v) is 6.95. The zero-order chi connectivity index (χ0) is 18.6. The predicted molar refractivity (Wildman–Crippen MR) is 105 cm³/mol. The highest BCUT2D eigenvalue weighted by Gasteiger charge is 2.20. The monoisotopic (exact) mass is 360 g/mol. The summed E-state index contributed by atoms with van der Waals surface area (Å²) in [5.41, 5.74) is 5.76. The van der Waals surface area contributed by atoms with Gasteiger partial charge >= 0.3 is 0 Å². The number of aryl methyl sites for hydroxylation is 1. The minimum absolute atomic E-state index is 0.276. The molecule has 0 fully saturated rings. The third-order valence-corrected chi connectivity index (χ3v) is 5.09. The first-order valence-electron chi connectivity index (χ1n) is 9.52. The van der Waals surface area contributed by atoms with E-state index in [-0.39, 0.29) is 5.75 Å². The maximum absolute atomic E-state index is 9.62. The number of hydrogen-bond acceptors (Lipinski definition) is 5. The molecule has 0 saturated carbocycles. The van der Waals surface area contributed by atoms with Gasteiger partial charge < -0.3 is 5.11 Å². The van der Waals surface area contributed by atoms with Crippen LogP contribution < -0.4 is 0 Å². The molecule has 1 N–H and O–H groups in total. The molecule has 5 nitrogen and oxygen atoms in total. The van der Waals surface area contributed by atoms with Crippen LogP contribution in [0.1, 0.15) is 29.6 Å². The third-order valence-electron chi connectivity index (χ3n) is 5.09. The molecule has 0 atom stereocenters. The number of hydrogen-bond donors (Lipinski definition) is 1. The molecule has 1 aliphatic rings. The van der Waals surface area contributed by atoms with Gasteiger partial charge in [0.1, 0.15) is 11.6 Å². The lowest BCUT2D eigenvalue weighted by atomic mass is 10.0. The minimum atomic E-state index is 0.276. The van der Waals surface area contributed by atoms with Crippen molar-refractivity contribution in [2.75, 3.05) is 13.1 Å². The molecule has 1 aliphatic heterocycles. The Morgan fingerprint density at radius 3 is 2.44 bits per heavy atom. The van der Waals surface area contributed by atoms with Crippen LogP contribution in [0.15, 0.2) is 48.8 Å². The molecule has 0 unspecified atom stereocenters. The number of benzene rings is 1. The van der Waals surface area contributed by atoms with Gasteiger partial charge in [-0.2, -0.15) is 0 Å². The number of pyridine rings is 1. The van der Waals surface area contributed by atoms with Crippen molar-refractivity contribution in [2.24, 2.45) is 0 Å². The van der Waals surface area contributed by atoms with Gasteiger partial charge in [0.05, 0.1) is 5.69 Å². The van der Waals surface area contributed by atoms with E-state index in [0.29, 0.717) is 0 Å². The lowest BCUT2D eigenvalue weighted by Gasteiger charge is -2.19. The summed E-state index contributed by atoms with van der Waals surface area (Å²) in [6.07, 6.45) is 6.38. The van der Waals surface area contributed by atoms with Crippen molar-refractivity contribution < 1.29 is 5.11 Å². The first-order valence-corrected chi connectivity index (χ1v) is 9.52. The quantitative estimate of drug-likeness (QED) is 0.772. The lowest BCUT2D eigenvalue weighted by Crippen LogP contribution is -2.25. The van der Waals surface area contributed by atoms with Crippen LogP contribution in [-0.4, -0.2) is 38.0 Å². The summed E-state index contributed by atoms with van der Waals surface area (Å²) in [7, 11) is 0. The van der Waals surface area contributed by atoms with Gasteiger partial charge in [0.25, 0.3) is 0 Å². The van der Waals surface area contributed by atoms with Crippen molar-refractivity contribution in [3.63, 3.8) is 0 Å². The third kappa shape index (κ3) is 3.98. The molecule has 1 aromatic carbocycles. The molecule has 0 bridgehead atoms. The molecule has 2 aromatic heterocycles. The van der Waals surface area contributed by atoms with Gasteiger partial charge in [-0.15, -0.1) is 0 Å². The molecule has 5 heteroatoms. The number of nitrogens with zero attached hydrogens (tertiary/aromatic N) is 4. The van der Waals surface area contributed by atoms with Crippen LogP contribution in [-0.2, 0) is 25.8 Å². The smallest absolute Gasteiger partial charge is 0.129 e. The maximum Gasteiger partial charge on any atom is 0.129 e. The van der Waals surface area contributed by atoms with E-state index in [2.05, 4.69) is 28.9 Å². The van der Waals surface area contributed by atoms with Gasteiger partial charge in [0.15, 0.2) is 0 Å². The van der Waals surface area contributed by atoms with Crippen molar-refractivity contribution in [1.29, 1.82) is 0 Å². The Morgan fingerprint density at radius 2 is 1.70 bits per heavy atom. The number of phenols is 1. The van der Waals surface area contributed by atoms with Crippen LogP contribution in [0, 0.1) is 0 Å². The summed E-state index contributed by atoms with van der Waals surface area (Å²) >= 11 is 0. The highest BCUT2D eigenvalue weighted by molar-refractivity contribution is 5.65.